The number of benzene rings is 1. The molecule has 0 atom stereocenters. The van der Waals surface area contributed by atoms with Crippen LogP contribution in [-0.2, 0) is 13.5 Å². The number of carbonyl (C=O) groups excluding carboxylic acids is 1. The molecule has 0 radical (unpaired) electrons. The average molecular weight is 245 g/mol. The normalized spacial score (nSPS) is 10.1. The molecule has 0 bridgehead atoms. The van der Waals surface area contributed by atoms with Crippen molar-refractivity contribution in [2.24, 2.45) is 7.05 Å². The Balaban J connectivity index is 1.72. The van der Waals surface area contributed by atoms with Crippen LogP contribution < -0.4 is 10.1 Å². The molecule has 94 valence electrons. The van der Waals surface area contributed by atoms with Crippen LogP contribution in [0.5, 0.6) is 5.75 Å². The molecule has 1 amide bonds. The van der Waals surface area contributed by atoms with Gasteiger partial charge in [0.2, 0.25) is 0 Å². The highest BCUT2D eigenvalue weighted by atomic mass is 16.5. The zero-order chi connectivity index (χ0) is 12.8. The van der Waals surface area contributed by atoms with Gasteiger partial charge in [-0.2, -0.15) is 5.10 Å². The summed E-state index contributed by atoms with van der Waals surface area (Å²) in [6, 6.07) is 10.9. The van der Waals surface area contributed by atoms with Gasteiger partial charge in [-0.25, -0.2) is 4.79 Å². The largest absolute Gasteiger partial charge is 0.412 e. The minimum Gasteiger partial charge on any atom is -0.410 e. The second-order valence-corrected chi connectivity index (χ2v) is 3.86. The van der Waals surface area contributed by atoms with E-state index in [-0.39, 0.29) is 0 Å². The number of hydrogen-bond donors (Lipinski definition) is 1. The van der Waals surface area contributed by atoms with Crippen LogP contribution in [0.1, 0.15) is 5.69 Å². The van der Waals surface area contributed by atoms with E-state index in [0.717, 1.165) is 5.69 Å². The number of nitrogens with zero attached hydrogens (tertiary/aromatic N) is 2. The molecule has 0 aliphatic heterocycles. The number of aryl methyl sites for hydroxylation is 1. The second-order valence-electron chi connectivity index (χ2n) is 3.86. The van der Waals surface area contributed by atoms with Gasteiger partial charge in [0.1, 0.15) is 5.75 Å². The Bertz CT molecular complexity index is 508. The number of amides is 1. The zero-order valence-corrected chi connectivity index (χ0v) is 10.2. The van der Waals surface area contributed by atoms with Gasteiger partial charge in [-0.15, -0.1) is 0 Å². The topological polar surface area (TPSA) is 56.2 Å². The highest BCUT2D eigenvalue weighted by molar-refractivity contribution is 5.70. The van der Waals surface area contributed by atoms with Crippen LogP contribution in [0.25, 0.3) is 0 Å². The van der Waals surface area contributed by atoms with E-state index in [2.05, 4.69) is 10.4 Å². The van der Waals surface area contributed by atoms with Crippen LogP contribution in [0.15, 0.2) is 42.6 Å². The van der Waals surface area contributed by atoms with Crippen LogP contribution in [0, 0.1) is 0 Å². The van der Waals surface area contributed by atoms with Gasteiger partial charge in [0.05, 0.1) is 5.69 Å². The Kier molecular flexibility index (Phi) is 3.96. The lowest BCUT2D eigenvalue weighted by atomic mass is 10.3. The molecule has 1 aromatic heterocycles. The van der Waals surface area contributed by atoms with Gasteiger partial charge in [-0.1, -0.05) is 18.2 Å². The van der Waals surface area contributed by atoms with Gasteiger partial charge in [0, 0.05) is 26.2 Å². The molecular formula is C13H15N3O2. The van der Waals surface area contributed by atoms with Crippen molar-refractivity contribution >= 4 is 6.09 Å². The summed E-state index contributed by atoms with van der Waals surface area (Å²) in [5.74, 6) is 0.535. The second kappa shape index (κ2) is 5.86. The molecule has 1 N–H and O–H groups in total. The molecule has 2 rings (SSSR count). The third-order valence-corrected chi connectivity index (χ3v) is 2.37. The van der Waals surface area contributed by atoms with Gasteiger partial charge in [0.15, 0.2) is 0 Å². The maximum atomic E-state index is 11.4. The molecule has 1 aromatic carbocycles. The first kappa shape index (κ1) is 12.2. The van der Waals surface area contributed by atoms with Crippen molar-refractivity contribution in [3.05, 3.63) is 48.3 Å². The molecule has 2 aromatic rings. The number of ether oxygens (including phenoxy) is 1. The van der Waals surface area contributed by atoms with E-state index in [4.69, 9.17) is 4.74 Å². The van der Waals surface area contributed by atoms with Crippen molar-refractivity contribution < 1.29 is 9.53 Å². The molecule has 1 heterocycles. The molecule has 0 spiro atoms. The molecule has 5 nitrogen and oxygen atoms in total. The molecule has 18 heavy (non-hydrogen) atoms. The minimum atomic E-state index is -0.447. The summed E-state index contributed by atoms with van der Waals surface area (Å²) in [6.07, 6.45) is 2.11. The van der Waals surface area contributed by atoms with E-state index in [1.54, 1.807) is 16.8 Å². The van der Waals surface area contributed by atoms with E-state index < -0.39 is 6.09 Å². The van der Waals surface area contributed by atoms with Crippen LogP contribution in [-0.4, -0.2) is 22.4 Å². The lowest BCUT2D eigenvalue weighted by Crippen LogP contribution is -2.28. The van der Waals surface area contributed by atoms with Gasteiger partial charge in [-0.05, 0) is 18.2 Å². The van der Waals surface area contributed by atoms with Crippen LogP contribution >= 0.6 is 0 Å². The quantitative estimate of drug-likeness (QED) is 0.892. The van der Waals surface area contributed by atoms with Crippen molar-refractivity contribution in [3.63, 3.8) is 0 Å². The summed E-state index contributed by atoms with van der Waals surface area (Å²) < 4.78 is 6.82. The third-order valence-electron chi connectivity index (χ3n) is 2.37. The molecule has 0 aliphatic carbocycles. The van der Waals surface area contributed by atoms with E-state index in [1.165, 1.54) is 0 Å². The number of rotatable bonds is 4. The minimum absolute atomic E-state index is 0.447. The van der Waals surface area contributed by atoms with Crippen molar-refractivity contribution in [1.82, 2.24) is 15.1 Å². The van der Waals surface area contributed by atoms with Gasteiger partial charge in [-0.3, -0.25) is 4.68 Å². The molecule has 0 saturated carbocycles. The Morgan fingerprint density at radius 3 is 2.78 bits per heavy atom. The summed E-state index contributed by atoms with van der Waals surface area (Å²) in [5, 5.41) is 6.89. The molecule has 0 unspecified atom stereocenters. The number of hydrogen-bond acceptors (Lipinski definition) is 3. The van der Waals surface area contributed by atoms with Crippen LogP contribution in [0.4, 0.5) is 4.79 Å². The Morgan fingerprint density at radius 1 is 1.33 bits per heavy atom. The monoisotopic (exact) mass is 245 g/mol. The summed E-state index contributed by atoms with van der Waals surface area (Å²) in [6.45, 7) is 0.503. The SMILES string of the molecule is Cn1ccc(CCNC(=O)Oc2ccccc2)n1. The predicted octanol–water partition coefficient (Wildman–Crippen LogP) is 1.75. The van der Waals surface area contributed by atoms with Crippen molar-refractivity contribution in [2.45, 2.75) is 6.42 Å². The fourth-order valence-electron chi connectivity index (χ4n) is 1.52. The first-order valence-corrected chi connectivity index (χ1v) is 5.73. The summed E-state index contributed by atoms with van der Waals surface area (Å²) in [5.41, 5.74) is 0.942. The van der Waals surface area contributed by atoms with Gasteiger partial charge >= 0.3 is 6.09 Å². The highest BCUT2D eigenvalue weighted by Gasteiger charge is 2.03. The first-order valence-electron chi connectivity index (χ1n) is 5.73. The number of carbonyl (C=O) groups is 1. The average Bonchev–Trinajstić information content (AvgIpc) is 2.76. The van der Waals surface area contributed by atoms with E-state index in [1.807, 2.05) is 37.5 Å². The van der Waals surface area contributed by atoms with Crippen molar-refractivity contribution in [3.8, 4) is 5.75 Å². The fourth-order valence-corrected chi connectivity index (χ4v) is 1.52. The Labute approximate surface area is 105 Å². The highest BCUT2D eigenvalue weighted by Crippen LogP contribution is 2.07. The molecule has 0 aliphatic rings. The third kappa shape index (κ3) is 3.62. The number of nitrogens with one attached hydrogen (secondary N) is 1. The summed E-state index contributed by atoms with van der Waals surface area (Å²) >= 11 is 0. The van der Waals surface area contributed by atoms with E-state index in [9.17, 15) is 4.79 Å². The predicted molar refractivity (Wildman–Crippen MR) is 67.4 cm³/mol. The molecular weight excluding hydrogens is 230 g/mol. The first-order chi connectivity index (χ1) is 8.74. The summed E-state index contributed by atoms with van der Waals surface area (Å²) in [7, 11) is 1.86. The molecule has 0 saturated heterocycles. The van der Waals surface area contributed by atoms with Crippen molar-refractivity contribution in [2.75, 3.05) is 6.54 Å². The molecule has 5 heteroatoms. The maximum absolute atomic E-state index is 11.4. The van der Waals surface area contributed by atoms with E-state index >= 15 is 0 Å². The van der Waals surface area contributed by atoms with Gasteiger partial charge < -0.3 is 10.1 Å². The zero-order valence-electron chi connectivity index (χ0n) is 10.2. The van der Waals surface area contributed by atoms with Gasteiger partial charge in [0.25, 0.3) is 0 Å². The fraction of sp³-hybridized carbons (Fsp3) is 0.231. The van der Waals surface area contributed by atoms with Crippen LogP contribution in [0.2, 0.25) is 0 Å². The van der Waals surface area contributed by atoms with Crippen molar-refractivity contribution in [1.29, 1.82) is 0 Å². The lowest BCUT2D eigenvalue weighted by molar-refractivity contribution is 0.200. The summed E-state index contributed by atoms with van der Waals surface area (Å²) in [4.78, 5) is 11.4. The smallest absolute Gasteiger partial charge is 0.410 e. The Hall–Kier alpha value is -2.30. The Morgan fingerprint density at radius 2 is 2.11 bits per heavy atom. The van der Waals surface area contributed by atoms with E-state index in [0.29, 0.717) is 18.7 Å². The van der Waals surface area contributed by atoms with Crippen LogP contribution in [0.3, 0.4) is 0 Å². The number of para-hydroxylation sites is 1. The maximum Gasteiger partial charge on any atom is 0.412 e. The number of aromatic nitrogens is 2. The lowest BCUT2D eigenvalue weighted by Gasteiger charge is -2.05. The standard InChI is InChI=1S/C13H15N3O2/c1-16-10-8-11(15-16)7-9-14-13(17)18-12-5-3-2-4-6-12/h2-6,8,10H,7,9H2,1H3,(H,14,17). The molecule has 0 fully saturated rings.